The summed E-state index contributed by atoms with van der Waals surface area (Å²) in [4.78, 5) is 13.3. The molecule has 4 rings (SSSR count). The topological polar surface area (TPSA) is 87.3 Å². The number of nitrogens with one attached hydrogen (secondary N) is 3. The minimum atomic E-state index is -3.89. The van der Waals surface area contributed by atoms with Gasteiger partial charge in [0.1, 0.15) is 6.04 Å². The molecule has 6 nitrogen and oxygen atoms in total. The Hall–Kier alpha value is -2.74. The van der Waals surface area contributed by atoms with Crippen molar-refractivity contribution in [3.63, 3.8) is 0 Å². The van der Waals surface area contributed by atoms with Gasteiger partial charge in [0.2, 0.25) is 15.9 Å². The maximum Gasteiger partial charge on any atom is 0.241 e. The van der Waals surface area contributed by atoms with Gasteiger partial charge in [-0.3, -0.25) is 4.79 Å². The molecule has 33 heavy (non-hydrogen) atoms. The number of rotatable bonds is 9. The molecule has 3 N–H and O–H groups in total. The molecule has 2 unspecified atom stereocenters. The maximum absolute atomic E-state index is 13.4. The van der Waals surface area contributed by atoms with Crippen LogP contribution in [0.5, 0.6) is 0 Å². The largest absolute Gasteiger partial charge is 0.354 e. The monoisotopic (exact) mass is 465 g/mol. The van der Waals surface area contributed by atoms with E-state index in [1.165, 1.54) is 0 Å². The molecule has 1 aliphatic rings. The number of amides is 1. The molecule has 1 saturated heterocycles. The van der Waals surface area contributed by atoms with Gasteiger partial charge in [0.25, 0.3) is 0 Å². The van der Waals surface area contributed by atoms with Gasteiger partial charge in [-0.25, -0.2) is 8.42 Å². The van der Waals surface area contributed by atoms with Crippen molar-refractivity contribution in [2.75, 3.05) is 19.6 Å². The summed E-state index contributed by atoms with van der Waals surface area (Å²) in [5, 5.41) is 7.80. The Labute approximate surface area is 195 Å². The van der Waals surface area contributed by atoms with E-state index < -0.39 is 16.1 Å². The molecule has 0 aromatic heterocycles. The fourth-order valence-corrected chi connectivity index (χ4v) is 5.88. The van der Waals surface area contributed by atoms with Crippen LogP contribution in [0.4, 0.5) is 0 Å². The van der Waals surface area contributed by atoms with Gasteiger partial charge in [0.05, 0.1) is 4.90 Å². The summed E-state index contributed by atoms with van der Waals surface area (Å²) in [6.07, 6.45) is 3.17. The highest BCUT2D eigenvalue weighted by Gasteiger charge is 2.29. The highest BCUT2D eigenvalue weighted by molar-refractivity contribution is 7.89. The molecule has 7 heteroatoms. The van der Waals surface area contributed by atoms with Crippen molar-refractivity contribution in [3.05, 3.63) is 78.4 Å². The molecule has 0 radical (unpaired) electrons. The van der Waals surface area contributed by atoms with Gasteiger partial charge in [-0.1, -0.05) is 66.7 Å². The van der Waals surface area contributed by atoms with Crippen LogP contribution in [0.1, 0.15) is 24.8 Å². The molecular weight excluding hydrogens is 434 g/mol. The normalized spacial score (nSPS) is 17.5. The molecule has 1 heterocycles. The molecule has 2 atom stereocenters. The van der Waals surface area contributed by atoms with Crippen LogP contribution in [0.2, 0.25) is 0 Å². The molecule has 1 amide bonds. The Morgan fingerprint density at radius 2 is 1.76 bits per heavy atom. The Bertz CT molecular complexity index is 1170. The first-order valence-corrected chi connectivity index (χ1v) is 13.0. The predicted octanol–water partition coefficient (Wildman–Crippen LogP) is 3.24. The van der Waals surface area contributed by atoms with Crippen LogP contribution in [0.25, 0.3) is 10.8 Å². The third-order valence-corrected chi connectivity index (χ3v) is 7.71. The zero-order valence-electron chi connectivity index (χ0n) is 18.7. The number of sulfonamides is 1. The number of hydrogen-bond acceptors (Lipinski definition) is 4. The minimum absolute atomic E-state index is 0.199. The number of hydrogen-bond donors (Lipinski definition) is 3. The van der Waals surface area contributed by atoms with Crippen LogP contribution in [0.3, 0.4) is 0 Å². The zero-order chi connectivity index (χ0) is 23.1. The second-order valence-electron chi connectivity index (χ2n) is 8.63. The van der Waals surface area contributed by atoms with E-state index in [9.17, 15) is 13.2 Å². The fraction of sp³-hybridized carbons (Fsp3) is 0.346. The van der Waals surface area contributed by atoms with Crippen LogP contribution in [-0.2, 0) is 21.2 Å². The van der Waals surface area contributed by atoms with Gasteiger partial charge in [-0.05, 0) is 61.7 Å². The number of carbonyl (C=O) groups excluding carboxylic acids is 1. The summed E-state index contributed by atoms with van der Waals surface area (Å²) >= 11 is 0. The molecule has 1 aliphatic heterocycles. The lowest BCUT2D eigenvalue weighted by Gasteiger charge is -2.27. The van der Waals surface area contributed by atoms with Crippen molar-refractivity contribution in [1.29, 1.82) is 0 Å². The van der Waals surface area contributed by atoms with Crippen molar-refractivity contribution in [2.45, 2.75) is 36.6 Å². The van der Waals surface area contributed by atoms with Gasteiger partial charge in [0, 0.05) is 11.9 Å². The van der Waals surface area contributed by atoms with Crippen LogP contribution in [0.15, 0.2) is 77.7 Å². The second kappa shape index (κ2) is 10.9. The second-order valence-corrected chi connectivity index (χ2v) is 10.3. The number of piperidine rings is 1. The number of benzene rings is 3. The molecule has 174 valence electrons. The van der Waals surface area contributed by atoms with Crippen LogP contribution in [-0.4, -0.2) is 40.0 Å². The average Bonchev–Trinajstić information content (AvgIpc) is 2.84. The van der Waals surface area contributed by atoms with Crippen LogP contribution < -0.4 is 15.4 Å². The van der Waals surface area contributed by atoms with Gasteiger partial charge in [0.15, 0.2) is 0 Å². The lowest BCUT2D eigenvalue weighted by Crippen LogP contribution is -2.49. The zero-order valence-corrected chi connectivity index (χ0v) is 19.5. The quantitative estimate of drug-likeness (QED) is 0.453. The average molecular weight is 466 g/mol. The standard InChI is InChI=1S/C26H31N3O3S/c30-26(28-17-15-20-8-2-1-3-9-20)24(18-21-10-7-16-27-19-21)29-33(31,32)25-14-6-12-22-11-4-5-13-23(22)25/h1-6,8-9,11-14,21,24,27,29H,7,10,15-19H2,(H,28,30). The number of carbonyl (C=O) groups is 1. The molecule has 3 aromatic rings. The smallest absolute Gasteiger partial charge is 0.241 e. The highest BCUT2D eigenvalue weighted by atomic mass is 32.2. The van der Waals surface area contributed by atoms with E-state index in [1.807, 2.05) is 54.6 Å². The lowest BCUT2D eigenvalue weighted by atomic mass is 9.92. The Balaban J connectivity index is 1.51. The van der Waals surface area contributed by atoms with E-state index in [1.54, 1.807) is 18.2 Å². The molecule has 0 spiro atoms. The fourth-order valence-electron chi connectivity index (χ4n) is 4.45. The Kier molecular flexibility index (Phi) is 7.75. The third-order valence-electron chi connectivity index (χ3n) is 6.18. The summed E-state index contributed by atoms with van der Waals surface area (Å²) in [5.74, 6) is -0.0286. The first-order valence-electron chi connectivity index (χ1n) is 11.6. The summed E-state index contributed by atoms with van der Waals surface area (Å²) in [5.41, 5.74) is 1.13. The van der Waals surface area contributed by atoms with Crippen molar-refractivity contribution in [3.8, 4) is 0 Å². The summed E-state index contributed by atoms with van der Waals surface area (Å²) in [6.45, 7) is 2.22. The van der Waals surface area contributed by atoms with Gasteiger partial charge >= 0.3 is 0 Å². The van der Waals surface area contributed by atoms with Crippen molar-refractivity contribution in [2.24, 2.45) is 5.92 Å². The lowest BCUT2D eigenvalue weighted by molar-refractivity contribution is -0.123. The molecule has 3 aromatic carbocycles. The van der Waals surface area contributed by atoms with Crippen molar-refractivity contribution >= 4 is 26.7 Å². The molecule has 0 saturated carbocycles. The molecule has 1 fully saturated rings. The van der Waals surface area contributed by atoms with Crippen molar-refractivity contribution < 1.29 is 13.2 Å². The number of fused-ring (bicyclic) bond motifs is 1. The van der Waals surface area contributed by atoms with Gasteiger partial charge < -0.3 is 10.6 Å². The van der Waals surface area contributed by atoms with Gasteiger partial charge in [-0.2, -0.15) is 4.72 Å². The minimum Gasteiger partial charge on any atom is -0.354 e. The predicted molar refractivity (Wildman–Crippen MR) is 131 cm³/mol. The van der Waals surface area contributed by atoms with E-state index in [0.717, 1.165) is 36.9 Å². The van der Waals surface area contributed by atoms with E-state index in [-0.39, 0.29) is 16.7 Å². The van der Waals surface area contributed by atoms with E-state index in [4.69, 9.17) is 0 Å². The first kappa shape index (κ1) is 23.4. The summed E-state index contributed by atoms with van der Waals surface area (Å²) in [7, 11) is -3.89. The van der Waals surface area contributed by atoms with E-state index in [2.05, 4.69) is 15.4 Å². The van der Waals surface area contributed by atoms with E-state index in [0.29, 0.717) is 24.8 Å². The van der Waals surface area contributed by atoms with Gasteiger partial charge in [-0.15, -0.1) is 0 Å². The molecule has 0 aliphatic carbocycles. The highest BCUT2D eigenvalue weighted by Crippen LogP contribution is 2.24. The maximum atomic E-state index is 13.4. The molecule has 0 bridgehead atoms. The van der Waals surface area contributed by atoms with E-state index >= 15 is 0 Å². The third kappa shape index (κ3) is 6.19. The molecular formula is C26H31N3O3S. The first-order chi connectivity index (χ1) is 16.0. The van der Waals surface area contributed by atoms with Crippen molar-refractivity contribution in [1.82, 2.24) is 15.4 Å². The Morgan fingerprint density at radius 1 is 1.00 bits per heavy atom. The summed E-state index contributed by atoms with van der Waals surface area (Å²) in [6, 6.07) is 21.7. The SMILES string of the molecule is O=C(NCCc1ccccc1)C(CC1CCCNC1)NS(=O)(=O)c1cccc2ccccc12. The van der Waals surface area contributed by atoms with Crippen LogP contribution >= 0.6 is 0 Å². The van der Waals surface area contributed by atoms with Crippen LogP contribution in [0, 0.1) is 5.92 Å². The summed E-state index contributed by atoms with van der Waals surface area (Å²) < 4.78 is 29.5. The Morgan fingerprint density at radius 3 is 2.55 bits per heavy atom.